The van der Waals surface area contributed by atoms with Gasteiger partial charge in [0.2, 0.25) is 5.91 Å². The number of para-hydroxylation sites is 1. The van der Waals surface area contributed by atoms with Crippen LogP contribution in [0.1, 0.15) is 12.0 Å². The number of carboxylic acid groups (broad SMARTS) is 1. The molecule has 7 nitrogen and oxygen atoms in total. The Balaban J connectivity index is 1.96. The van der Waals surface area contributed by atoms with E-state index in [1.807, 2.05) is 0 Å². The standard InChI is InChI=1S/C14H14N2O5/c17-13(15-11-6-5-10(7-11)14(18)19)8-9-3-1-2-4-12(9)16(20)21/h1-6,10-11H,7-8H2,(H,15,17)(H,18,19). The minimum Gasteiger partial charge on any atom is -0.481 e. The van der Waals surface area contributed by atoms with Gasteiger partial charge in [-0.15, -0.1) is 0 Å². The molecule has 7 heteroatoms. The van der Waals surface area contributed by atoms with E-state index in [9.17, 15) is 19.7 Å². The molecule has 2 rings (SSSR count). The van der Waals surface area contributed by atoms with Gasteiger partial charge in [-0.25, -0.2) is 0 Å². The van der Waals surface area contributed by atoms with E-state index in [1.54, 1.807) is 12.1 Å². The Morgan fingerprint density at radius 3 is 2.67 bits per heavy atom. The van der Waals surface area contributed by atoms with E-state index in [1.165, 1.54) is 24.3 Å². The third-order valence-electron chi connectivity index (χ3n) is 3.29. The van der Waals surface area contributed by atoms with Crippen LogP contribution in [0.2, 0.25) is 0 Å². The van der Waals surface area contributed by atoms with Gasteiger partial charge in [-0.3, -0.25) is 19.7 Å². The van der Waals surface area contributed by atoms with Crippen molar-refractivity contribution < 1.29 is 19.6 Å². The highest BCUT2D eigenvalue weighted by Gasteiger charge is 2.25. The van der Waals surface area contributed by atoms with E-state index in [0.717, 1.165) is 0 Å². The van der Waals surface area contributed by atoms with Gasteiger partial charge in [0.05, 0.1) is 17.3 Å². The van der Waals surface area contributed by atoms with Crippen molar-refractivity contribution in [3.8, 4) is 0 Å². The van der Waals surface area contributed by atoms with Crippen LogP contribution >= 0.6 is 0 Å². The lowest BCUT2D eigenvalue weighted by Gasteiger charge is -2.12. The molecule has 0 spiro atoms. The van der Waals surface area contributed by atoms with E-state index in [4.69, 9.17) is 5.11 Å². The lowest BCUT2D eigenvalue weighted by molar-refractivity contribution is -0.385. The lowest BCUT2D eigenvalue weighted by atomic mass is 10.1. The summed E-state index contributed by atoms with van der Waals surface area (Å²) >= 11 is 0. The zero-order chi connectivity index (χ0) is 15.4. The van der Waals surface area contributed by atoms with Gasteiger partial charge in [-0.1, -0.05) is 30.4 Å². The first-order chi connectivity index (χ1) is 9.97. The zero-order valence-electron chi connectivity index (χ0n) is 11.1. The fourth-order valence-electron chi connectivity index (χ4n) is 2.26. The van der Waals surface area contributed by atoms with Crippen LogP contribution in [0.5, 0.6) is 0 Å². The summed E-state index contributed by atoms with van der Waals surface area (Å²) in [6.45, 7) is 0. The largest absolute Gasteiger partial charge is 0.481 e. The Hall–Kier alpha value is -2.70. The molecule has 1 aromatic rings. The van der Waals surface area contributed by atoms with Crippen LogP contribution in [0.25, 0.3) is 0 Å². The maximum Gasteiger partial charge on any atom is 0.310 e. The third kappa shape index (κ3) is 3.65. The molecule has 1 aliphatic rings. The zero-order valence-corrected chi connectivity index (χ0v) is 11.1. The Morgan fingerprint density at radius 2 is 2.05 bits per heavy atom. The van der Waals surface area contributed by atoms with Crippen LogP contribution in [0, 0.1) is 16.0 Å². The molecule has 0 heterocycles. The lowest BCUT2D eigenvalue weighted by Crippen LogP contribution is -2.34. The van der Waals surface area contributed by atoms with Gasteiger partial charge in [0.1, 0.15) is 0 Å². The second kappa shape index (κ2) is 6.17. The minimum atomic E-state index is -0.929. The molecule has 0 saturated heterocycles. The highest BCUT2D eigenvalue weighted by molar-refractivity contribution is 5.80. The number of carbonyl (C=O) groups excluding carboxylic acids is 1. The normalized spacial score (nSPS) is 20.2. The highest BCUT2D eigenvalue weighted by atomic mass is 16.6. The van der Waals surface area contributed by atoms with Gasteiger partial charge in [-0.05, 0) is 6.42 Å². The van der Waals surface area contributed by atoms with Gasteiger partial charge < -0.3 is 10.4 Å². The van der Waals surface area contributed by atoms with E-state index >= 15 is 0 Å². The Bertz CT molecular complexity index is 611. The van der Waals surface area contributed by atoms with Crippen molar-refractivity contribution in [1.82, 2.24) is 5.32 Å². The van der Waals surface area contributed by atoms with E-state index in [0.29, 0.717) is 12.0 Å². The Morgan fingerprint density at radius 1 is 1.33 bits per heavy atom. The molecule has 1 amide bonds. The molecule has 2 N–H and O–H groups in total. The SMILES string of the molecule is O=C(Cc1ccccc1[N+](=O)[O-])NC1C=CC(C(=O)O)C1. The molecule has 0 aromatic heterocycles. The second-order valence-electron chi connectivity index (χ2n) is 4.80. The summed E-state index contributed by atoms with van der Waals surface area (Å²) in [5.41, 5.74) is 0.231. The fourth-order valence-corrected chi connectivity index (χ4v) is 2.26. The van der Waals surface area contributed by atoms with Gasteiger partial charge in [0.25, 0.3) is 5.69 Å². The van der Waals surface area contributed by atoms with Gasteiger partial charge in [-0.2, -0.15) is 0 Å². The molecule has 110 valence electrons. The van der Waals surface area contributed by atoms with Gasteiger partial charge in [0, 0.05) is 17.7 Å². The first-order valence-electron chi connectivity index (χ1n) is 6.40. The number of hydrogen-bond acceptors (Lipinski definition) is 4. The van der Waals surface area contributed by atoms with Crippen molar-refractivity contribution in [2.75, 3.05) is 0 Å². The quantitative estimate of drug-likeness (QED) is 0.482. The molecule has 0 saturated carbocycles. The molecule has 21 heavy (non-hydrogen) atoms. The van der Waals surface area contributed by atoms with Crippen LogP contribution in [0.15, 0.2) is 36.4 Å². The second-order valence-corrected chi connectivity index (χ2v) is 4.80. The van der Waals surface area contributed by atoms with Crippen LogP contribution in [0.4, 0.5) is 5.69 Å². The third-order valence-corrected chi connectivity index (χ3v) is 3.29. The average molecular weight is 290 g/mol. The van der Waals surface area contributed by atoms with Crippen LogP contribution in [-0.4, -0.2) is 27.9 Å². The van der Waals surface area contributed by atoms with Crippen LogP contribution < -0.4 is 5.32 Å². The molecular formula is C14H14N2O5. The molecule has 0 fully saturated rings. The smallest absolute Gasteiger partial charge is 0.310 e. The molecule has 2 unspecified atom stereocenters. The number of nitro groups is 1. The number of nitrogens with zero attached hydrogens (tertiary/aromatic N) is 1. The number of rotatable bonds is 5. The Labute approximate surface area is 120 Å². The first-order valence-corrected chi connectivity index (χ1v) is 6.40. The summed E-state index contributed by atoms with van der Waals surface area (Å²) in [5.74, 6) is -1.90. The number of nitro benzene ring substituents is 1. The number of benzene rings is 1. The number of carboxylic acids is 1. The van der Waals surface area contributed by atoms with Crippen LogP contribution in [0.3, 0.4) is 0 Å². The van der Waals surface area contributed by atoms with Crippen molar-refractivity contribution in [2.24, 2.45) is 5.92 Å². The monoisotopic (exact) mass is 290 g/mol. The summed E-state index contributed by atoms with van der Waals surface area (Å²) in [4.78, 5) is 33.0. The molecule has 0 bridgehead atoms. The molecule has 0 aliphatic heterocycles. The predicted molar refractivity (Wildman–Crippen MR) is 73.6 cm³/mol. The topological polar surface area (TPSA) is 110 Å². The van der Waals surface area contributed by atoms with E-state index in [2.05, 4.69) is 5.32 Å². The first kappa shape index (κ1) is 14.7. The van der Waals surface area contributed by atoms with E-state index < -0.39 is 16.8 Å². The fraction of sp³-hybridized carbons (Fsp3) is 0.286. The molecule has 2 atom stereocenters. The summed E-state index contributed by atoms with van der Waals surface area (Å²) < 4.78 is 0. The van der Waals surface area contributed by atoms with Crippen LogP contribution in [-0.2, 0) is 16.0 Å². The number of aliphatic carboxylic acids is 1. The number of hydrogen-bond donors (Lipinski definition) is 2. The van der Waals surface area contributed by atoms with Crippen molar-refractivity contribution in [3.63, 3.8) is 0 Å². The predicted octanol–water partition coefficient (Wildman–Crippen LogP) is 1.28. The van der Waals surface area contributed by atoms with Gasteiger partial charge >= 0.3 is 5.97 Å². The Kier molecular flexibility index (Phi) is 4.32. The summed E-state index contributed by atoms with van der Waals surface area (Å²) in [6.07, 6.45) is 3.37. The molecular weight excluding hydrogens is 276 g/mol. The van der Waals surface area contributed by atoms with E-state index in [-0.39, 0.29) is 24.1 Å². The van der Waals surface area contributed by atoms with Crippen molar-refractivity contribution in [3.05, 3.63) is 52.1 Å². The highest BCUT2D eigenvalue weighted by Crippen LogP contribution is 2.20. The number of nitrogens with one attached hydrogen (secondary N) is 1. The van der Waals surface area contributed by atoms with Crippen molar-refractivity contribution in [1.29, 1.82) is 0 Å². The molecule has 1 aromatic carbocycles. The average Bonchev–Trinajstić information content (AvgIpc) is 2.87. The maximum atomic E-state index is 11.9. The molecule has 1 aliphatic carbocycles. The van der Waals surface area contributed by atoms with Gasteiger partial charge in [0.15, 0.2) is 0 Å². The van der Waals surface area contributed by atoms with Crippen molar-refractivity contribution >= 4 is 17.6 Å². The van der Waals surface area contributed by atoms with Crippen molar-refractivity contribution in [2.45, 2.75) is 18.9 Å². The summed E-state index contributed by atoms with van der Waals surface area (Å²) in [7, 11) is 0. The minimum absolute atomic E-state index is 0.0990. The number of carbonyl (C=O) groups is 2. The number of amides is 1. The summed E-state index contributed by atoms with van der Waals surface area (Å²) in [5, 5.41) is 22.4. The molecule has 0 radical (unpaired) electrons. The summed E-state index contributed by atoms with van der Waals surface area (Å²) in [6, 6.07) is 5.70. The maximum absolute atomic E-state index is 11.9.